The molecule has 0 unspecified atom stereocenters. The molecule has 0 aromatic carbocycles. The van der Waals surface area contributed by atoms with Crippen LogP contribution in [0.15, 0.2) is 0 Å². The lowest BCUT2D eigenvalue weighted by atomic mass is 10.1. The summed E-state index contributed by atoms with van der Waals surface area (Å²) < 4.78 is 0. The third-order valence-corrected chi connectivity index (χ3v) is 1.15. The van der Waals surface area contributed by atoms with Crippen molar-refractivity contribution in [2.75, 3.05) is 0 Å². The Morgan fingerprint density at radius 1 is 1.29 bits per heavy atom. The summed E-state index contributed by atoms with van der Waals surface area (Å²) in [5, 5.41) is 0. The lowest BCUT2D eigenvalue weighted by molar-refractivity contribution is 0.602. The molecule has 0 saturated heterocycles. The number of hydrogen-bond acceptors (Lipinski definition) is 0. The second kappa shape index (κ2) is 6.29. The molecule has 0 spiro atoms. The van der Waals surface area contributed by atoms with Crippen molar-refractivity contribution in [3.05, 3.63) is 6.92 Å². The minimum atomic E-state index is 0. The molecular weight excluding hydrogens is 108 g/mol. The molecule has 45 valence electrons. The van der Waals surface area contributed by atoms with Crippen LogP contribution in [-0.2, 0) is 0 Å². The maximum absolute atomic E-state index is 3.88. The Labute approximate surface area is 52.7 Å². The topological polar surface area (TPSA) is 0 Å². The van der Waals surface area contributed by atoms with E-state index in [0.29, 0.717) is 5.92 Å². The highest BCUT2D eigenvalue weighted by molar-refractivity contribution is 5.85. The molecular formula is C6H14Cl. The highest BCUT2D eigenvalue weighted by atomic mass is 35.5. The van der Waals surface area contributed by atoms with Crippen molar-refractivity contribution in [1.82, 2.24) is 0 Å². The van der Waals surface area contributed by atoms with Gasteiger partial charge in [-0.2, -0.15) is 0 Å². The second-order valence-corrected chi connectivity index (χ2v) is 1.68. The van der Waals surface area contributed by atoms with E-state index in [1.807, 2.05) is 0 Å². The Morgan fingerprint density at radius 2 is 1.57 bits per heavy atom. The van der Waals surface area contributed by atoms with Gasteiger partial charge in [0.25, 0.3) is 0 Å². The summed E-state index contributed by atoms with van der Waals surface area (Å²) >= 11 is 0. The van der Waals surface area contributed by atoms with Gasteiger partial charge >= 0.3 is 0 Å². The van der Waals surface area contributed by atoms with Gasteiger partial charge in [-0.3, -0.25) is 0 Å². The number of hydrogen-bond donors (Lipinski definition) is 0. The van der Waals surface area contributed by atoms with Gasteiger partial charge in [0, 0.05) is 0 Å². The quantitative estimate of drug-likeness (QED) is 0.527. The normalized spacial score (nSPS) is 8.57. The van der Waals surface area contributed by atoms with Crippen LogP contribution in [0.4, 0.5) is 0 Å². The van der Waals surface area contributed by atoms with E-state index in [-0.39, 0.29) is 12.4 Å². The van der Waals surface area contributed by atoms with Crippen molar-refractivity contribution in [3.63, 3.8) is 0 Å². The first-order chi connectivity index (χ1) is 2.81. The van der Waals surface area contributed by atoms with Gasteiger partial charge in [-0.25, -0.2) is 0 Å². The Balaban J connectivity index is 0. The summed E-state index contributed by atoms with van der Waals surface area (Å²) in [6.45, 7) is 8.21. The second-order valence-electron chi connectivity index (χ2n) is 1.68. The molecule has 0 N–H and O–H groups in total. The third kappa shape index (κ3) is 6.29. The van der Waals surface area contributed by atoms with Gasteiger partial charge in [0.2, 0.25) is 0 Å². The molecule has 0 fully saturated rings. The largest absolute Gasteiger partial charge is 0.147 e. The summed E-state index contributed by atoms with van der Waals surface area (Å²) in [6.07, 6.45) is 2.44. The van der Waals surface area contributed by atoms with Gasteiger partial charge in [-0.05, 0) is 5.92 Å². The highest BCUT2D eigenvalue weighted by Crippen LogP contribution is 2.02. The first-order valence-corrected chi connectivity index (χ1v) is 2.64. The fraction of sp³-hybridized carbons (Fsp3) is 0.833. The molecule has 0 aliphatic heterocycles. The average molecular weight is 122 g/mol. The average Bonchev–Trinajstić information content (AvgIpc) is 1.65. The van der Waals surface area contributed by atoms with E-state index in [0.717, 1.165) is 0 Å². The molecule has 0 aliphatic carbocycles. The zero-order chi connectivity index (χ0) is 4.99. The Kier molecular flexibility index (Phi) is 9.26. The number of halogens is 1. The summed E-state index contributed by atoms with van der Waals surface area (Å²) in [4.78, 5) is 0. The molecule has 0 atom stereocenters. The molecule has 0 aliphatic rings. The molecule has 0 bridgehead atoms. The van der Waals surface area contributed by atoms with E-state index in [4.69, 9.17) is 0 Å². The van der Waals surface area contributed by atoms with Crippen molar-refractivity contribution in [2.24, 2.45) is 5.92 Å². The summed E-state index contributed by atoms with van der Waals surface area (Å²) in [7, 11) is 0. The van der Waals surface area contributed by atoms with Crippen molar-refractivity contribution >= 4 is 12.4 Å². The van der Waals surface area contributed by atoms with Crippen molar-refractivity contribution in [2.45, 2.75) is 26.7 Å². The standard InChI is InChI=1S/C6H13.ClH/c1-4-6(3)5-2;/h6H,3-5H2,1-2H3;1H. The van der Waals surface area contributed by atoms with Gasteiger partial charge in [0.1, 0.15) is 0 Å². The predicted octanol–water partition coefficient (Wildman–Crippen LogP) is 2.68. The fourth-order valence-corrected chi connectivity index (χ4v) is 0.289. The van der Waals surface area contributed by atoms with Gasteiger partial charge in [-0.1, -0.05) is 33.6 Å². The molecule has 0 rings (SSSR count). The summed E-state index contributed by atoms with van der Waals surface area (Å²) in [5.74, 6) is 0.685. The molecule has 1 heteroatoms. The van der Waals surface area contributed by atoms with Gasteiger partial charge in [0.05, 0.1) is 0 Å². The van der Waals surface area contributed by atoms with Crippen LogP contribution in [0, 0.1) is 12.8 Å². The zero-order valence-electron chi connectivity index (χ0n) is 5.11. The minimum absolute atomic E-state index is 0. The van der Waals surface area contributed by atoms with Crippen LogP contribution in [0.1, 0.15) is 26.7 Å². The van der Waals surface area contributed by atoms with E-state index < -0.39 is 0 Å². The Morgan fingerprint density at radius 3 is 1.57 bits per heavy atom. The fourth-order valence-electron chi connectivity index (χ4n) is 0.289. The lowest BCUT2D eigenvalue weighted by Gasteiger charge is -1.98. The Hall–Kier alpha value is 0.290. The van der Waals surface area contributed by atoms with Crippen molar-refractivity contribution < 1.29 is 0 Å². The van der Waals surface area contributed by atoms with Crippen LogP contribution in [0.25, 0.3) is 0 Å². The summed E-state index contributed by atoms with van der Waals surface area (Å²) in [5.41, 5.74) is 0. The summed E-state index contributed by atoms with van der Waals surface area (Å²) in [6, 6.07) is 0. The molecule has 0 heterocycles. The number of rotatable bonds is 2. The highest BCUT2D eigenvalue weighted by Gasteiger charge is 1.88. The van der Waals surface area contributed by atoms with Gasteiger partial charge in [0.15, 0.2) is 0 Å². The first-order valence-electron chi connectivity index (χ1n) is 2.64. The maximum Gasteiger partial charge on any atom is -0.0419 e. The first kappa shape index (κ1) is 10.3. The third-order valence-electron chi connectivity index (χ3n) is 1.15. The van der Waals surface area contributed by atoms with E-state index >= 15 is 0 Å². The van der Waals surface area contributed by atoms with Crippen LogP contribution >= 0.6 is 12.4 Å². The zero-order valence-corrected chi connectivity index (χ0v) is 5.92. The molecule has 0 aromatic rings. The van der Waals surface area contributed by atoms with Crippen LogP contribution in [0.2, 0.25) is 0 Å². The molecule has 0 aromatic heterocycles. The lowest BCUT2D eigenvalue weighted by Crippen LogP contribution is -1.85. The SMILES string of the molecule is Cl.[CH2]C(CC)CC. The van der Waals surface area contributed by atoms with Gasteiger partial charge in [-0.15, -0.1) is 12.4 Å². The van der Waals surface area contributed by atoms with Crippen molar-refractivity contribution in [1.29, 1.82) is 0 Å². The van der Waals surface area contributed by atoms with Crippen LogP contribution in [-0.4, -0.2) is 0 Å². The monoisotopic (exact) mass is 121 g/mol. The van der Waals surface area contributed by atoms with Crippen LogP contribution < -0.4 is 0 Å². The minimum Gasteiger partial charge on any atom is -0.147 e. The van der Waals surface area contributed by atoms with Crippen LogP contribution in [0.3, 0.4) is 0 Å². The smallest absolute Gasteiger partial charge is 0.0419 e. The molecule has 7 heavy (non-hydrogen) atoms. The van der Waals surface area contributed by atoms with E-state index in [9.17, 15) is 0 Å². The molecule has 0 saturated carbocycles. The Bertz CT molecular complexity index is 23.4. The molecule has 1 radical (unpaired) electrons. The van der Waals surface area contributed by atoms with E-state index in [1.165, 1.54) is 12.8 Å². The van der Waals surface area contributed by atoms with Crippen molar-refractivity contribution in [3.8, 4) is 0 Å². The van der Waals surface area contributed by atoms with E-state index in [1.54, 1.807) is 0 Å². The maximum atomic E-state index is 3.88. The van der Waals surface area contributed by atoms with Gasteiger partial charge < -0.3 is 0 Å². The molecule has 0 amide bonds. The van der Waals surface area contributed by atoms with E-state index in [2.05, 4.69) is 20.8 Å². The van der Waals surface area contributed by atoms with Crippen LogP contribution in [0.5, 0.6) is 0 Å². The predicted molar refractivity (Wildman–Crippen MR) is 36.7 cm³/mol. The molecule has 0 nitrogen and oxygen atoms in total.